The smallest absolute Gasteiger partial charge is 0.261 e. The second-order valence-electron chi connectivity index (χ2n) is 6.56. The Morgan fingerprint density at radius 1 is 1.19 bits per heavy atom. The maximum absolute atomic E-state index is 12.3. The number of amides is 1. The summed E-state index contributed by atoms with van der Waals surface area (Å²) in [5, 5.41) is 2.82. The first-order valence-electron chi connectivity index (χ1n) is 8.49. The van der Waals surface area contributed by atoms with Gasteiger partial charge in [0.25, 0.3) is 5.91 Å². The number of rotatable bonds is 6. The van der Waals surface area contributed by atoms with E-state index in [2.05, 4.69) is 10.0 Å². The Morgan fingerprint density at radius 3 is 2.69 bits per heavy atom. The summed E-state index contributed by atoms with van der Waals surface area (Å²) in [6.45, 7) is 3.77. The van der Waals surface area contributed by atoms with Crippen molar-refractivity contribution in [1.82, 2.24) is 10.0 Å². The SMILES string of the molecule is CC(C)NS(=O)(=O)c1cccc(CNC(=O)[C@H]2Cc3ccccc3O2)c1. The number of nitrogens with one attached hydrogen (secondary N) is 2. The molecule has 26 heavy (non-hydrogen) atoms. The number of carbonyl (C=O) groups is 1. The zero-order chi connectivity index (χ0) is 18.7. The molecule has 1 heterocycles. The molecule has 138 valence electrons. The lowest BCUT2D eigenvalue weighted by Gasteiger charge is -2.13. The summed E-state index contributed by atoms with van der Waals surface area (Å²) >= 11 is 0. The van der Waals surface area contributed by atoms with Crippen LogP contribution in [0.3, 0.4) is 0 Å². The van der Waals surface area contributed by atoms with E-state index in [4.69, 9.17) is 4.74 Å². The fourth-order valence-electron chi connectivity index (χ4n) is 2.83. The molecule has 0 saturated heterocycles. The van der Waals surface area contributed by atoms with Crippen molar-refractivity contribution in [3.63, 3.8) is 0 Å². The Hall–Kier alpha value is -2.38. The molecule has 0 unspecified atom stereocenters. The first-order chi connectivity index (χ1) is 12.3. The molecule has 1 aliphatic rings. The van der Waals surface area contributed by atoms with Crippen LogP contribution in [0.2, 0.25) is 0 Å². The van der Waals surface area contributed by atoms with Gasteiger partial charge in [-0.25, -0.2) is 13.1 Å². The average Bonchev–Trinajstić information content (AvgIpc) is 3.03. The Kier molecular flexibility index (Phi) is 5.29. The minimum absolute atomic E-state index is 0.183. The minimum Gasteiger partial charge on any atom is -0.480 e. The lowest BCUT2D eigenvalue weighted by molar-refractivity contribution is -0.127. The van der Waals surface area contributed by atoms with Gasteiger partial charge in [0.2, 0.25) is 10.0 Å². The minimum atomic E-state index is -3.56. The van der Waals surface area contributed by atoms with E-state index in [9.17, 15) is 13.2 Å². The number of sulfonamides is 1. The average molecular weight is 374 g/mol. The van der Waals surface area contributed by atoms with Crippen LogP contribution in [0, 0.1) is 0 Å². The quantitative estimate of drug-likeness (QED) is 0.810. The molecule has 6 nitrogen and oxygen atoms in total. The van der Waals surface area contributed by atoms with E-state index in [1.807, 2.05) is 24.3 Å². The summed E-state index contributed by atoms with van der Waals surface area (Å²) in [7, 11) is -3.56. The second kappa shape index (κ2) is 7.47. The fourth-order valence-corrected chi connectivity index (χ4v) is 4.15. The van der Waals surface area contributed by atoms with E-state index in [-0.39, 0.29) is 23.4 Å². The number of hydrogen-bond acceptors (Lipinski definition) is 4. The highest BCUT2D eigenvalue weighted by atomic mass is 32.2. The van der Waals surface area contributed by atoms with E-state index >= 15 is 0 Å². The zero-order valence-corrected chi connectivity index (χ0v) is 15.5. The van der Waals surface area contributed by atoms with Crippen LogP contribution in [0.1, 0.15) is 25.0 Å². The van der Waals surface area contributed by atoms with E-state index in [0.29, 0.717) is 12.0 Å². The van der Waals surface area contributed by atoms with Crippen molar-refractivity contribution in [3.8, 4) is 5.75 Å². The summed E-state index contributed by atoms with van der Waals surface area (Å²) in [5.41, 5.74) is 1.72. The van der Waals surface area contributed by atoms with Gasteiger partial charge in [-0.3, -0.25) is 4.79 Å². The van der Waals surface area contributed by atoms with Crippen molar-refractivity contribution in [2.45, 2.75) is 43.9 Å². The molecule has 0 aromatic heterocycles. The van der Waals surface area contributed by atoms with Gasteiger partial charge in [0.05, 0.1) is 4.90 Å². The highest BCUT2D eigenvalue weighted by Gasteiger charge is 2.28. The van der Waals surface area contributed by atoms with Crippen LogP contribution in [0.4, 0.5) is 0 Å². The molecular weight excluding hydrogens is 352 g/mol. The lowest BCUT2D eigenvalue weighted by Crippen LogP contribution is -2.37. The van der Waals surface area contributed by atoms with Crippen molar-refractivity contribution in [2.75, 3.05) is 0 Å². The van der Waals surface area contributed by atoms with Crippen LogP contribution in [-0.2, 0) is 27.8 Å². The summed E-state index contributed by atoms with van der Waals surface area (Å²) in [6, 6.07) is 13.9. The molecule has 2 aromatic rings. The highest BCUT2D eigenvalue weighted by molar-refractivity contribution is 7.89. The van der Waals surface area contributed by atoms with Crippen molar-refractivity contribution < 1.29 is 17.9 Å². The highest BCUT2D eigenvalue weighted by Crippen LogP contribution is 2.28. The van der Waals surface area contributed by atoms with Crippen LogP contribution in [0.5, 0.6) is 5.75 Å². The molecule has 1 amide bonds. The molecule has 0 saturated carbocycles. The third-order valence-corrected chi connectivity index (χ3v) is 5.66. The molecule has 0 fully saturated rings. The van der Waals surface area contributed by atoms with Gasteiger partial charge < -0.3 is 10.1 Å². The van der Waals surface area contributed by atoms with Crippen LogP contribution in [0.15, 0.2) is 53.4 Å². The third-order valence-electron chi connectivity index (χ3n) is 4.01. The lowest BCUT2D eigenvalue weighted by atomic mass is 10.1. The molecule has 7 heteroatoms. The number of hydrogen-bond donors (Lipinski definition) is 2. The summed E-state index contributed by atoms with van der Waals surface area (Å²) in [4.78, 5) is 12.5. The van der Waals surface area contributed by atoms with Crippen molar-refractivity contribution in [3.05, 3.63) is 59.7 Å². The molecule has 1 atom stereocenters. The maximum Gasteiger partial charge on any atom is 0.261 e. The monoisotopic (exact) mass is 374 g/mol. The third kappa shape index (κ3) is 4.23. The molecule has 0 bridgehead atoms. The van der Waals surface area contributed by atoms with Crippen LogP contribution in [-0.4, -0.2) is 26.5 Å². The maximum atomic E-state index is 12.3. The first-order valence-corrected chi connectivity index (χ1v) is 9.97. The number of fused-ring (bicyclic) bond motifs is 1. The summed E-state index contributed by atoms with van der Waals surface area (Å²) in [6.07, 6.45) is -0.0173. The van der Waals surface area contributed by atoms with Gasteiger partial charge in [-0.05, 0) is 43.2 Å². The van der Waals surface area contributed by atoms with Crippen LogP contribution >= 0.6 is 0 Å². The van der Waals surface area contributed by atoms with Gasteiger partial charge in [-0.1, -0.05) is 30.3 Å². The molecule has 0 spiro atoms. The molecule has 0 aliphatic carbocycles. The number of ether oxygens (including phenoxy) is 1. The van der Waals surface area contributed by atoms with Crippen molar-refractivity contribution >= 4 is 15.9 Å². The number of benzene rings is 2. The van der Waals surface area contributed by atoms with E-state index in [0.717, 1.165) is 11.3 Å². The Balaban J connectivity index is 1.62. The van der Waals surface area contributed by atoms with Crippen molar-refractivity contribution in [2.24, 2.45) is 0 Å². The van der Waals surface area contributed by atoms with Gasteiger partial charge in [0.15, 0.2) is 6.10 Å². The molecular formula is C19H22N2O4S. The predicted molar refractivity (Wildman–Crippen MR) is 98.3 cm³/mol. The zero-order valence-electron chi connectivity index (χ0n) is 14.7. The standard InChI is InChI=1S/C19H22N2O4S/c1-13(2)21-26(23,24)16-8-5-6-14(10-16)12-20-19(22)18-11-15-7-3-4-9-17(15)25-18/h3-10,13,18,21H,11-12H2,1-2H3,(H,20,22)/t18-/m1/s1. The number of carbonyl (C=O) groups excluding carboxylic acids is 1. The predicted octanol–water partition coefficient (Wildman–Crippen LogP) is 1.99. The molecule has 0 radical (unpaired) electrons. The summed E-state index contributed by atoms with van der Waals surface area (Å²) < 4.78 is 32.7. The van der Waals surface area contributed by atoms with Crippen molar-refractivity contribution in [1.29, 1.82) is 0 Å². The number of para-hydroxylation sites is 1. The normalized spacial score (nSPS) is 16.2. The van der Waals surface area contributed by atoms with Gasteiger partial charge >= 0.3 is 0 Å². The van der Waals surface area contributed by atoms with E-state index < -0.39 is 16.1 Å². The van der Waals surface area contributed by atoms with E-state index in [1.165, 1.54) is 6.07 Å². The first kappa shape index (κ1) is 18.4. The topological polar surface area (TPSA) is 84.5 Å². The van der Waals surface area contributed by atoms with Gasteiger partial charge in [0.1, 0.15) is 5.75 Å². The van der Waals surface area contributed by atoms with E-state index in [1.54, 1.807) is 32.0 Å². The summed E-state index contributed by atoms with van der Waals surface area (Å²) in [5.74, 6) is 0.523. The van der Waals surface area contributed by atoms with Gasteiger partial charge in [-0.15, -0.1) is 0 Å². The van der Waals surface area contributed by atoms with Gasteiger partial charge in [-0.2, -0.15) is 0 Å². The Labute approximate surface area is 153 Å². The van der Waals surface area contributed by atoms with Gasteiger partial charge in [0, 0.05) is 19.0 Å². The Morgan fingerprint density at radius 2 is 1.96 bits per heavy atom. The fraction of sp³-hybridized carbons (Fsp3) is 0.316. The molecule has 2 aromatic carbocycles. The second-order valence-corrected chi connectivity index (χ2v) is 8.27. The molecule has 2 N–H and O–H groups in total. The largest absolute Gasteiger partial charge is 0.480 e. The van der Waals surface area contributed by atoms with Crippen LogP contribution < -0.4 is 14.8 Å². The van der Waals surface area contributed by atoms with Crippen LogP contribution in [0.25, 0.3) is 0 Å². The molecule has 3 rings (SSSR count). The Bertz CT molecular complexity index is 884. The molecule has 1 aliphatic heterocycles.